The molecule has 1 aromatic carbocycles. The van der Waals surface area contributed by atoms with Crippen LogP contribution in [0.1, 0.15) is 29.7 Å². The van der Waals surface area contributed by atoms with Gasteiger partial charge < -0.3 is 11.1 Å². The second-order valence-corrected chi connectivity index (χ2v) is 4.82. The van der Waals surface area contributed by atoms with Gasteiger partial charge in [0.1, 0.15) is 5.82 Å². The Morgan fingerprint density at radius 1 is 1.26 bits per heavy atom. The summed E-state index contributed by atoms with van der Waals surface area (Å²) in [4.78, 5) is 4.04. The molecule has 2 rings (SSSR count). The molecule has 1 heterocycles. The van der Waals surface area contributed by atoms with Crippen molar-refractivity contribution in [3.8, 4) is 0 Å². The van der Waals surface area contributed by atoms with Crippen LogP contribution in [0.3, 0.4) is 0 Å². The average Bonchev–Trinajstić information content (AvgIpc) is 2.38. The number of rotatable bonds is 5. The van der Waals surface area contributed by atoms with Gasteiger partial charge in [-0.15, -0.1) is 0 Å². The average molecular weight is 255 g/mol. The normalized spacial score (nSPS) is 12.3. The first kappa shape index (κ1) is 13.6. The number of pyridine rings is 1. The van der Waals surface area contributed by atoms with Crippen LogP contribution in [-0.2, 0) is 6.42 Å². The second-order valence-electron chi connectivity index (χ2n) is 4.82. The van der Waals surface area contributed by atoms with Crippen molar-refractivity contribution in [1.82, 2.24) is 10.3 Å². The number of nitrogens with one attached hydrogen (secondary N) is 1. The molecule has 0 bridgehead atoms. The molecule has 0 aliphatic carbocycles. The zero-order chi connectivity index (χ0) is 13.7. The third kappa shape index (κ3) is 3.80. The Kier molecular flexibility index (Phi) is 4.53. The minimum Gasteiger partial charge on any atom is -0.384 e. The Hall–Kier alpha value is -1.87. The van der Waals surface area contributed by atoms with Crippen LogP contribution >= 0.6 is 0 Å². The number of nitrogens with two attached hydrogens (primary N) is 1. The minimum absolute atomic E-state index is 0.312. The van der Waals surface area contributed by atoms with E-state index in [1.165, 1.54) is 16.7 Å². The standard InChI is InChI=1S/C16H21N3/c1-3-18-15(14-6-4-5-12(2)9-14)10-13-7-8-19-16(17)11-13/h4-9,11,15,18H,3,10H2,1-2H3,(H2,17,19). The van der Waals surface area contributed by atoms with Gasteiger partial charge >= 0.3 is 0 Å². The maximum atomic E-state index is 5.74. The molecule has 3 heteroatoms. The molecule has 100 valence electrons. The lowest BCUT2D eigenvalue weighted by Crippen LogP contribution is -2.23. The molecule has 0 fully saturated rings. The number of aryl methyl sites for hydroxylation is 1. The summed E-state index contributed by atoms with van der Waals surface area (Å²) in [5.41, 5.74) is 9.55. The number of hydrogen-bond donors (Lipinski definition) is 2. The van der Waals surface area contributed by atoms with Gasteiger partial charge in [0.25, 0.3) is 0 Å². The van der Waals surface area contributed by atoms with Crippen LogP contribution in [0, 0.1) is 6.92 Å². The summed E-state index contributed by atoms with van der Waals surface area (Å²) in [6, 6.07) is 12.9. The molecule has 1 aromatic heterocycles. The highest BCUT2D eigenvalue weighted by atomic mass is 14.9. The molecule has 0 radical (unpaired) electrons. The molecule has 1 unspecified atom stereocenters. The monoisotopic (exact) mass is 255 g/mol. The summed E-state index contributed by atoms with van der Waals surface area (Å²) >= 11 is 0. The van der Waals surface area contributed by atoms with Crippen molar-refractivity contribution in [2.24, 2.45) is 0 Å². The van der Waals surface area contributed by atoms with Crippen molar-refractivity contribution in [3.05, 3.63) is 59.3 Å². The Morgan fingerprint density at radius 3 is 2.79 bits per heavy atom. The summed E-state index contributed by atoms with van der Waals surface area (Å²) in [5, 5.41) is 3.53. The highest BCUT2D eigenvalue weighted by Crippen LogP contribution is 2.20. The Balaban J connectivity index is 2.21. The number of anilines is 1. The van der Waals surface area contributed by atoms with Gasteiger partial charge in [0.05, 0.1) is 0 Å². The zero-order valence-electron chi connectivity index (χ0n) is 11.6. The van der Waals surface area contributed by atoms with E-state index in [1.807, 2.05) is 12.1 Å². The summed E-state index contributed by atoms with van der Waals surface area (Å²) in [7, 11) is 0. The second kappa shape index (κ2) is 6.34. The quantitative estimate of drug-likeness (QED) is 0.863. The topological polar surface area (TPSA) is 50.9 Å². The fourth-order valence-corrected chi connectivity index (χ4v) is 2.30. The number of likely N-dealkylation sites (N-methyl/N-ethyl adjacent to an activating group) is 1. The number of hydrogen-bond acceptors (Lipinski definition) is 3. The van der Waals surface area contributed by atoms with E-state index >= 15 is 0 Å². The maximum absolute atomic E-state index is 5.74. The third-order valence-electron chi connectivity index (χ3n) is 3.18. The van der Waals surface area contributed by atoms with Crippen molar-refractivity contribution < 1.29 is 0 Å². The van der Waals surface area contributed by atoms with Crippen LogP contribution in [0.5, 0.6) is 0 Å². The van der Waals surface area contributed by atoms with Crippen LogP contribution in [0.15, 0.2) is 42.6 Å². The SMILES string of the molecule is CCNC(Cc1ccnc(N)c1)c1cccc(C)c1. The maximum Gasteiger partial charge on any atom is 0.123 e. The van der Waals surface area contributed by atoms with E-state index in [2.05, 4.69) is 48.4 Å². The predicted molar refractivity (Wildman–Crippen MR) is 80.0 cm³/mol. The van der Waals surface area contributed by atoms with Gasteiger partial charge in [0.2, 0.25) is 0 Å². The highest BCUT2D eigenvalue weighted by molar-refractivity contribution is 5.34. The molecule has 3 nitrogen and oxygen atoms in total. The van der Waals surface area contributed by atoms with E-state index < -0.39 is 0 Å². The lowest BCUT2D eigenvalue weighted by Gasteiger charge is -2.19. The van der Waals surface area contributed by atoms with Crippen LogP contribution < -0.4 is 11.1 Å². The lowest BCUT2D eigenvalue weighted by molar-refractivity contribution is 0.549. The zero-order valence-corrected chi connectivity index (χ0v) is 11.6. The van der Waals surface area contributed by atoms with Gasteiger partial charge in [-0.1, -0.05) is 36.8 Å². The molecular formula is C16H21N3. The van der Waals surface area contributed by atoms with E-state index in [0.29, 0.717) is 11.9 Å². The van der Waals surface area contributed by atoms with Crippen LogP contribution in [0.2, 0.25) is 0 Å². The Labute approximate surface area is 114 Å². The molecule has 0 saturated carbocycles. The van der Waals surface area contributed by atoms with Gasteiger partial charge in [-0.2, -0.15) is 0 Å². The molecular weight excluding hydrogens is 234 g/mol. The van der Waals surface area contributed by atoms with Crippen molar-refractivity contribution >= 4 is 5.82 Å². The van der Waals surface area contributed by atoms with Crippen molar-refractivity contribution in [2.75, 3.05) is 12.3 Å². The molecule has 0 amide bonds. The fourth-order valence-electron chi connectivity index (χ4n) is 2.30. The van der Waals surface area contributed by atoms with Crippen LogP contribution in [-0.4, -0.2) is 11.5 Å². The molecule has 0 aliphatic rings. The molecule has 0 spiro atoms. The van der Waals surface area contributed by atoms with Gasteiger partial charge in [0, 0.05) is 12.2 Å². The summed E-state index contributed by atoms with van der Waals surface area (Å²) in [6.45, 7) is 5.19. The predicted octanol–water partition coefficient (Wildman–Crippen LogP) is 2.87. The van der Waals surface area contributed by atoms with Gasteiger partial charge in [-0.25, -0.2) is 4.98 Å². The van der Waals surface area contributed by atoms with Gasteiger partial charge in [0.15, 0.2) is 0 Å². The van der Waals surface area contributed by atoms with Crippen LogP contribution in [0.4, 0.5) is 5.82 Å². The third-order valence-corrected chi connectivity index (χ3v) is 3.18. The van der Waals surface area contributed by atoms with Gasteiger partial charge in [-0.3, -0.25) is 0 Å². The van der Waals surface area contributed by atoms with Crippen LogP contribution in [0.25, 0.3) is 0 Å². The van der Waals surface area contributed by atoms with Crippen molar-refractivity contribution in [3.63, 3.8) is 0 Å². The molecule has 0 saturated heterocycles. The first-order valence-corrected chi connectivity index (χ1v) is 6.69. The van der Waals surface area contributed by atoms with Crippen molar-refractivity contribution in [1.29, 1.82) is 0 Å². The first-order chi connectivity index (χ1) is 9.19. The Bertz CT molecular complexity index is 537. The van der Waals surface area contributed by atoms with E-state index in [4.69, 9.17) is 5.73 Å². The summed E-state index contributed by atoms with van der Waals surface area (Å²) in [6.07, 6.45) is 2.69. The number of nitrogen functional groups attached to an aromatic ring is 1. The number of aromatic nitrogens is 1. The minimum atomic E-state index is 0.312. The summed E-state index contributed by atoms with van der Waals surface area (Å²) < 4.78 is 0. The number of benzene rings is 1. The van der Waals surface area contributed by atoms with Gasteiger partial charge in [-0.05, 0) is 43.1 Å². The van der Waals surface area contributed by atoms with E-state index in [9.17, 15) is 0 Å². The fraction of sp³-hybridized carbons (Fsp3) is 0.312. The van der Waals surface area contributed by atoms with E-state index in [-0.39, 0.29) is 0 Å². The molecule has 0 aliphatic heterocycles. The molecule has 19 heavy (non-hydrogen) atoms. The van der Waals surface area contributed by atoms with E-state index in [1.54, 1.807) is 6.20 Å². The van der Waals surface area contributed by atoms with Crippen molar-refractivity contribution in [2.45, 2.75) is 26.3 Å². The van der Waals surface area contributed by atoms with E-state index in [0.717, 1.165) is 13.0 Å². The molecule has 2 aromatic rings. The molecule has 1 atom stereocenters. The lowest BCUT2D eigenvalue weighted by atomic mass is 9.98. The Morgan fingerprint density at radius 2 is 2.11 bits per heavy atom. The summed E-state index contributed by atoms with van der Waals surface area (Å²) in [5.74, 6) is 0.581. The highest BCUT2D eigenvalue weighted by Gasteiger charge is 2.11. The smallest absolute Gasteiger partial charge is 0.123 e. The molecule has 3 N–H and O–H groups in total. The number of nitrogens with zero attached hydrogens (tertiary/aromatic N) is 1. The largest absolute Gasteiger partial charge is 0.384 e. The first-order valence-electron chi connectivity index (χ1n) is 6.69.